The van der Waals surface area contributed by atoms with Gasteiger partial charge in [0.15, 0.2) is 0 Å². The van der Waals surface area contributed by atoms with Gasteiger partial charge in [-0.25, -0.2) is 5.84 Å². The molecule has 17 heavy (non-hydrogen) atoms. The summed E-state index contributed by atoms with van der Waals surface area (Å²) in [5, 5.41) is 0.704. The SMILES string of the molecule is Cc1cc(Cl)cc(C)c1OCCCC(=O)NN. The van der Waals surface area contributed by atoms with Crippen molar-refractivity contribution in [3.05, 3.63) is 28.3 Å². The predicted octanol–water partition coefficient (Wildman–Crippen LogP) is 2.11. The van der Waals surface area contributed by atoms with E-state index in [4.69, 9.17) is 22.2 Å². The summed E-state index contributed by atoms with van der Waals surface area (Å²) in [6, 6.07) is 3.72. The standard InChI is InChI=1S/C12H17ClN2O2/c1-8-6-10(13)7-9(2)12(8)17-5-3-4-11(16)15-14/h6-7H,3-5,14H2,1-2H3,(H,15,16). The molecule has 0 radical (unpaired) electrons. The van der Waals surface area contributed by atoms with Crippen LogP contribution in [-0.4, -0.2) is 12.5 Å². The molecule has 4 nitrogen and oxygen atoms in total. The first kappa shape index (κ1) is 13.8. The first-order valence-corrected chi connectivity index (χ1v) is 5.81. The van der Waals surface area contributed by atoms with E-state index in [0.29, 0.717) is 24.5 Å². The lowest BCUT2D eigenvalue weighted by molar-refractivity contribution is -0.121. The summed E-state index contributed by atoms with van der Waals surface area (Å²) in [6.07, 6.45) is 0.993. The number of rotatable bonds is 5. The molecule has 94 valence electrons. The van der Waals surface area contributed by atoms with Gasteiger partial charge < -0.3 is 4.74 Å². The highest BCUT2D eigenvalue weighted by molar-refractivity contribution is 6.30. The lowest BCUT2D eigenvalue weighted by Gasteiger charge is -2.12. The number of nitrogens with two attached hydrogens (primary N) is 1. The number of halogens is 1. The Morgan fingerprint density at radius 3 is 2.53 bits per heavy atom. The van der Waals surface area contributed by atoms with Crippen LogP contribution in [-0.2, 0) is 4.79 Å². The molecule has 3 N–H and O–H groups in total. The number of hydrazine groups is 1. The third-order valence-electron chi connectivity index (χ3n) is 2.38. The van der Waals surface area contributed by atoms with Crippen molar-refractivity contribution >= 4 is 17.5 Å². The Bertz CT molecular complexity index is 384. The fourth-order valence-corrected chi connectivity index (χ4v) is 1.93. The number of ether oxygens (including phenoxy) is 1. The quantitative estimate of drug-likeness (QED) is 0.367. The normalized spacial score (nSPS) is 10.1. The first-order valence-electron chi connectivity index (χ1n) is 5.43. The summed E-state index contributed by atoms with van der Waals surface area (Å²) in [7, 11) is 0. The average Bonchev–Trinajstić information content (AvgIpc) is 2.26. The van der Waals surface area contributed by atoms with Gasteiger partial charge in [-0.15, -0.1) is 0 Å². The highest BCUT2D eigenvalue weighted by atomic mass is 35.5. The van der Waals surface area contributed by atoms with Crippen molar-refractivity contribution in [2.45, 2.75) is 26.7 Å². The van der Waals surface area contributed by atoms with E-state index in [9.17, 15) is 4.79 Å². The van der Waals surface area contributed by atoms with Crippen molar-refractivity contribution in [1.29, 1.82) is 0 Å². The number of hydrogen-bond acceptors (Lipinski definition) is 3. The zero-order valence-corrected chi connectivity index (χ0v) is 10.8. The van der Waals surface area contributed by atoms with E-state index in [2.05, 4.69) is 5.43 Å². The summed E-state index contributed by atoms with van der Waals surface area (Å²) in [5.74, 6) is 5.63. The van der Waals surface area contributed by atoms with E-state index in [1.165, 1.54) is 0 Å². The van der Waals surface area contributed by atoms with E-state index < -0.39 is 0 Å². The third kappa shape index (κ3) is 4.24. The van der Waals surface area contributed by atoms with Crippen LogP contribution in [0.5, 0.6) is 5.75 Å². The average molecular weight is 257 g/mol. The third-order valence-corrected chi connectivity index (χ3v) is 2.60. The molecule has 0 saturated carbocycles. The van der Waals surface area contributed by atoms with Crippen LogP contribution >= 0.6 is 11.6 Å². The Morgan fingerprint density at radius 2 is 2.00 bits per heavy atom. The minimum Gasteiger partial charge on any atom is -0.493 e. The molecule has 1 amide bonds. The second-order valence-corrected chi connectivity index (χ2v) is 4.32. The maximum atomic E-state index is 10.9. The fraction of sp³-hybridized carbons (Fsp3) is 0.417. The summed E-state index contributed by atoms with van der Waals surface area (Å²) >= 11 is 5.92. The van der Waals surface area contributed by atoms with Gasteiger partial charge >= 0.3 is 0 Å². The van der Waals surface area contributed by atoms with Crippen LogP contribution in [0.4, 0.5) is 0 Å². The largest absolute Gasteiger partial charge is 0.493 e. The van der Waals surface area contributed by atoms with Gasteiger partial charge in [0.1, 0.15) is 5.75 Å². The molecule has 1 aromatic carbocycles. The highest BCUT2D eigenvalue weighted by Gasteiger charge is 2.06. The fourth-order valence-electron chi connectivity index (χ4n) is 1.60. The monoisotopic (exact) mass is 256 g/mol. The van der Waals surface area contributed by atoms with Crippen molar-refractivity contribution < 1.29 is 9.53 Å². The summed E-state index contributed by atoms with van der Waals surface area (Å²) in [4.78, 5) is 10.9. The number of carbonyl (C=O) groups excluding carboxylic acids is 1. The van der Waals surface area contributed by atoms with Crippen LogP contribution in [0.15, 0.2) is 12.1 Å². The van der Waals surface area contributed by atoms with Gasteiger partial charge in [0, 0.05) is 11.4 Å². The molecule has 0 atom stereocenters. The zero-order valence-electron chi connectivity index (χ0n) is 10.0. The maximum absolute atomic E-state index is 10.9. The number of carbonyl (C=O) groups is 1. The van der Waals surface area contributed by atoms with Crippen molar-refractivity contribution in [3.8, 4) is 5.75 Å². The van der Waals surface area contributed by atoms with E-state index in [1.54, 1.807) is 0 Å². The van der Waals surface area contributed by atoms with Gasteiger partial charge in [-0.05, 0) is 43.5 Å². The van der Waals surface area contributed by atoms with Gasteiger partial charge in [-0.3, -0.25) is 10.2 Å². The van der Waals surface area contributed by atoms with Gasteiger partial charge in [0.25, 0.3) is 0 Å². The Labute approximate surface area is 106 Å². The number of nitrogens with one attached hydrogen (secondary N) is 1. The minimum atomic E-state index is -0.182. The minimum absolute atomic E-state index is 0.182. The number of hydrogen-bond donors (Lipinski definition) is 2. The summed E-state index contributed by atoms with van der Waals surface area (Å²) in [5.41, 5.74) is 4.08. The molecule has 0 unspecified atom stereocenters. The van der Waals surface area contributed by atoms with E-state index in [0.717, 1.165) is 16.9 Å². The molecular formula is C12H17ClN2O2. The molecule has 0 aliphatic carbocycles. The van der Waals surface area contributed by atoms with Crippen LogP contribution in [0.1, 0.15) is 24.0 Å². The molecule has 0 aromatic heterocycles. The molecule has 0 bridgehead atoms. The van der Waals surface area contributed by atoms with Crippen LogP contribution in [0, 0.1) is 13.8 Å². The topological polar surface area (TPSA) is 64.3 Å². The second kappa shape index (κ2) is 6.47. The Morgan fingerprint density at radius 1 is 1.41 bits per heavy atom. The lowest BCUT2D eigenvalue weighted by atomic mass is 10.1. The Hall–Kier alpha value is -1.26. The molecule has 5 heteroatoms. The molecule has 0 aliphatic heterocycles. The first-order chi connectivity index (χ1) is 8.04. The Balaban J connectivity index is 2.50. The van der Waals surface area contributed by atoms with Crippen LogP contribution in [0.25, 0.3) is 0 Å². The van der Waals surface area contributed by atoms with E-state index in [-0.39, 0.29) is 5.91 Å². The molecule has 0 fully saturated rings. The maximum Gasteiger partial charge on any atom is 0.234 e. The number of aryl methyl sites for hydroxylation is 2. The molecular weight excluding hydrogens is 240 g/mol. The number of amides is 1. The predicted molar refractivity (Wildman–Crippen MR) is 68.0 cm³/mol. The van der Waals surface area contributed by atoms with E-state index in [1.807, 2.05) is 26.0 Å². The van der Waals surface area contributed by atoms with Gasteiger partial charge in [-0.2, -0.15) is 0 Å². The van der Waals surface area contributed by atoms with Crippen molar-refractivity contribution in [1.82, 2.24) is 5.43 Å². The Kier molecular flexibility index (Phi) is 5.25. The molecule has 0 saturated heterocycles. The van der Waals surface area contributed by atoms with Crippen molar-refractivity contribution in [2.75, 3.05) is 6.61 Å². The van der Waals surface area contributed by atoms with Crippen molar-refractivity contribution in [2.24, 2.45) is 5.84 Å². The van der Waals surface area contributed by atoms with Crippen molar-refractivity contribution in [3.63, 3.8) is 0 Å². The molecule has 1 rings (SSSR count). The molecule has 1 aromatic rings. The zero-order chi connectivity index (χ0) is 12.8. The smallest absolute Gasteiger partial charge is 0.234 e. The number of benzene rings is 1. The van der Waals surface area contributed by atoms with Gasteiger partial charge in [0.05, 0.1) is 6.61 Å². The summed E-state index contributed by atoms with van der Waals surface area (Å²) in [6.45, 7) is 4.37. The van der Waals surface area contributed by atoms with Crippen LogP contribution in [0.2, 0.25) is 5.02 Å². The summed E-state index contributed by atoms with van der Waals surface area (Å²) < 4.78 is 5.64. The van der Waals surface area contributed by atoms with Crippen LogP contribution < -0.4 is 16.0 Å². The van der Waals surface area contributed by atoms with Gasteiger partial charge in [0.2, 0.25) is 5.91 Å². The van der Waals surface area contributed by atoms with Gasteiger partial charge in [-0.1, -0.05) is 11.6 Å². The lowest BCUT2D eigenvalue weighted by Crippen LogP contribution is -2.30. The molecule has 0 heterocycles. The van der Waals surface area contributed by atoms with E-state index >= 15 is 0 Å². The molecule has 0 aliphatic rings. The van der Waals surface area contributed by atoms with Crippen LogP contribution in [0.3, 0.4) is 0 Å². The molecule has 0 spiro atoms. The second-order valence-electron chi connectivity index (χ2n) is 3.89. The highest BCUT2D eigenvalue weighted by Crippen LogP contribution is 2.27.